The third-order valence-corrected chi connectivity index (χ3v) is 4.76. The lowest BCUT2D eigenvalue weighted by molar-refractivity contribution is -0.117. The molecule has 1 heterocycles. The topological polar surface area (TPSA) is 44.8 Å². The maximum atomic E-state index is 12.2. The van der Waals surface area contributed by atoms with E-state index in [0.717, 1.165) is 54.7 Å². The zero-order valence-electron chi connectivity index (χ0n) is 15.0. The van der Waals surface area contributed by atoms with Crippen LogP contribution in [0, 0.1) is 0 Å². The molecule has 0 atom stereocenters. The fourth-order valence-electron chi connectivity index (χ4n) is 3.14. The van der Waals surface area contributed by atoms with E-state index in [1.165, 1.54) is 0 Å². The zero-order valence-corrected chi connectivity index (χ0v) is 15.7. The molecule has 138 valence electrons. The van der Waals surface area contributed by atoms with E-state index in [1.807, 2.05) is 48.5 Å². The maximum absolute atomic E-state index is 12.2. The molecule has 26 heavy (non-hydrogen) atoms. The summed E-state index contributed by atoms with van der Waals surface area (Å²) in [6.07, 6.45) is 0. The van der Waals surface area contributed by atoms with Gasteiger partial charge in [-0.15, -0.1) is 0 Å². The van der Waals surface area contributed by atoms with Gasteiger partial charge in [0.2, 0.25) is 5.91 Å². The van der Waals surface area contributed by atoms with E-state index in [9.17, 15) is 4.79 Å². The second-order valence-corrected chi connectivity index (χ2v) is 6.86. The summed E-state index contributed by atoms with van der Waals surface area (Å²) in [5.41, 5.74) is 1.93. The Kier molecular flexibility index (Phi) is 6.50. The number of anilines is 1. The van der Waals surface area contributed by atoms with E-state index < -0.39 is 0 Å². The van der Waals surface area contributed by atoms with Crippen molar-refractivity contribution in [1.82, 2.24) is 9.80 Å². The third-order valence-electron chi connectivity index (χ3n) is 4.53. The number of carbonyl (C=O) groups excluding carboxylic acids is 1. The fourth-order valence-corrected chi connectivity index (χ4v) is 3.34. The Morgan fingerprint density at radius 1 is 1.08 bits per heavy atom. The molecule has 2 aromatic rings. The Morgan fingerprint density at radius 3 is 2.46 bits per heavy atom. The summed E-state index contributed by atoms with van der Waals surface area (Å²) in [6.45, 7) is 4.77. The highest BCUT2D eigenvalue weighted by Gasteiger charge is 2.20. The average Bonchev–Trinajstić information content (AvgIpc) is 2.64. The van der Waals surface area contributed by atoms with Crippen molar-refractivity contribution in [1.29, 1.82) is 0 Å². The number of benzene rings is 2. The number of hydrogen-bond acceptors (Lipinski definition) is 4. The van der Waals surface area contributed by atoms with Crippen LogP contribution in [-0.4, -0.2) is 55.5 Å². The molecule has 1 fully saturated rings. The molecule has 2 aromatic carbocycles. The molecule has 1 saturated heterocycles. The van der Waals surface area contributed by atoms with Crippen molar-refractivity contribution < 1.29 is 9.53 Å². The zero-order chi connectivity index (χ0) is 18.4. The first-order chi connectivity index (χ1) is 12.6. The summed E-state index contributed by atoms with van der Waals surface area (Å²) in [7, 11) is 1.68. The van der Waals surface area contributed by atoms with E-state index in [0.29, 0.717) is 6.54 Å². The van der Waals surface area contributed by atoms with Crippen LogP contribution in [0.25, 0.3) is 0 Å². The van der Waals surface area contributed by atoms with Gasteiger partial charge >= 0.3 is 0 Å². The number of nitrogens with zero attached hydrogens (tertiary/aromatic N) is 2. The number of nitrogens with one attached hydrogen (secondary N) is 1. The lowest BCUT2D eigenvalue weighted by atomic mass is 10.1. The van der Waals surface area contributed by atoms with E-state index in [-0.39, 0.29) is 5.91 Å². The van der Waals surface area contributed by atoms with Gasteiger partial charge in [-0.05, 0) is 30.3 Å². The highest BCUT2D eigenvalue weighted by molar-refractivity contribution is 6.30. The number of piperazine rings is 1. The molecule has 0 bridgehead atoms. The van der Waals surface area contributed by atoms with E-state index in [1.54, 1.807) is 7.11 Å². The van der Waals surface area contributed by atoms with Crippen LogP contribution in [-0.2, 0) is 11.3 Å². The minimum Gasteiger partial charge on any atom is -0.496 e. The molecule has 0 saturated carbocycles. The minimum atomic E-state index is 0.0289. The lowest BCUT2D eigenvalue weighted by Crippen LogP contribution is -2.48. The van der Waals surface area contributed by atoms with Crippen LogP contribution < -0.4 is 10.1 Å². The maximum Gasteiger partial charge on any atom is 0.238 e. The van der Waals surface area contributed by atoms with Crippen LogP contribution in [0.15, 0.2) is 48.5 Å². The molecule has 0 unspecified atom stereocenters. The van der Waals surface area contributed by atoms with Crippen LogP contribution >= 0.6 is 11.6 Å². The van der Waals surface area contributed by atoms with E-state index in [2.05, 4.69) is 15.1 Å². The van der Waals surface area contributed by atoms with Crippen LogP contribution in [0.5, 0.6) is 5.75 Å². The summed E-state index contributed by atoms with van der Waals surface area (Å²) in [5.74, 6) is 0.889. The smallest absolute Gasteiger partial charge is 0.238 e. The average molecular weight is 374 g/mol. The summed E-state index contributed by atoms with van der Waals surface area (Å²) < 4.78 is 5.42. The molecule has 1 aliphatic rings. The Balaban J connectivity index is 1.47. The van der Waals surface area contributed by atoms with Crippen molar-refractivity contribution in [3.63, 3.8) is 0 Å². The van der Waals surface area contributed by atoms with Gasteiger partial charge in [-0.2, -0.15) is 0 Å². The number of rotatable bonds is 6. The van der Waals surface area contributed by atoms with Crippen LogP contribution in [0.4, 0.5) is 5.69 Å². The number of ether oxygens (including phenoxy) is 1. The predicted octanol–water partition coefficient (Wildman–Crippen LogP) is 3.10. The molecule has 0 radical (unpaired) electrons. The first-order valence-electron chi connectivity index (χ1n) is 8.76. The van der Waals surface area contributed by atoms with Crippen molar-refractivity contribution in [3.8, 4) is 5.75 Å². The third kappa shape index (κ3) is 5.21. The highest BCUT2D eigenvalue weighted by Crippen LogP contribution is 2.24. The van der Waals surface area contributed by atoms with Crippen molar-refractivity contribution in [2.45, 2.75) is 6.54 Å². The van der Waals surface area contributed by atoms with Gasteiger partial charge < -0.3 is 10.1 Å². The monoisotopic (exact) mass is 373 g/mol. The van der Waals surface area contributed by atoms with E-state index in [4.69, 9.17) is 16.3 Å². The molecule has 0 spiro atoms. The largest absolute Gasteiger partial charge is 0.496 e. The standard InChI is InChI=1S/C20H24ClN3O2/c1-26-19-8-7-17(21)13-16(19)14-23-9-11-24(12-10-23)15-20(25)22-18-5-3-2-4-6-18/h2-8,13H,9-12,14-15H2,1H3,(H,22,25). The minimum absolute atomic E-state index is 0.0289. The molecular weight excluding hydrogens is 350 g/mol. The van der Waals surface area contributed by atoms with Crippen LogP contribution in [0.1, 0.15) is 5.56 Å². The predicted molar refractivity (Wildman–Crippen MR) is 105 cm³/mol. The highest BCUT2D eigenvalue weighted by atomic mass is 35.5. The van der Waals surface area contributed by atoms with Crippen molar-refractivity contribution >= 4 is 23.2 Å². The molecule has 5 nitrogen and oxygen atoms in total. The SMILES string of the molecule is COc1ccc(Cl)cc1CN1CCN(CC(=O)Nc2ccccc2)CC1. The quantitative estimate of drug-likeness (QED) is 0.845. The number of carbonyl (C=O) groups is 1. The Labute approximate surface area is 159 Å². The van der Waals surface area contributed by atoms with Crippen LogP contribution in [0.3, 0.4) is 0 Å². The summed E-state index contributed by atoms with van der Waals surface area (Å²) in [5, 5.41) is 3.66. The molecule has 3 rings (SSSR count). The number of methoxy groups -OCH3 is 1. The Morgan fingerprint density at radius 2 is 1.77 bits per heavy atom. The normalized spacial score (nSPS) is 15.6. The van der Waals surface area contributed by atoms with Crippen LogP contribution in [0.2, 0.25) is 5.02 Å². The number of amides is 1. The number of hydrogen-bond donors (Lipinski definition) is 1. The molecule has 1 amide bonds. The fraction of sp³-hybridized carbons (Fsp3) is 0.350. The van der Waals surface area contributed by atoms with Gasteiger partial charge in [0.05, 0.1) is 13.7 Å². The van der Waals surface area contributed by atoms with Gasteiger partial charge in [-0.25, -0.2) is 0 Å². The molecule has 1 aliphatic heterocycles. The second-order valence-electron chi connectivity index (χ2n) is 6.42. The molecule has 0 aromatic heterocycles. The second kappa shape index (κ2) is 9.03. The first-order valence-corrected chi connectivity index (χ1v) is 9.14. The summed E-state index contributed by atoms with van der Waals surface area (Å²) in [4.78, 5) is 16.7. The lowest BCUT2D eigenvalue weighted by Gasteiger charge is -2.34. The Bertz CT molecular complexity index is 731. The molecule has 6 heteroatoms. The van der Waals surface area contributed by atoms with Gasteiger partial charge in [0, 0.05) is 49.0 Å². The van der Waals surface area contributed by atoms with Gasteiger partial charge in [-0.1, -0.05) is 29.8 Å². The molecule has 1 N–H and O–H groups in total. The van der Waals surface area contributed by atoms with Gasteiger partial charge in [0.25, 0.3) is 0 Å². The van der Waals surface area contributed by atoms with Gasteiger partial charge in [0.15, 0.2) is 0 Å². The van der Waals surface area contributed by atoms with Crippen molar-refractivity contribution in [2.24, 2.45) is 0 Å². The molecule has 0 aliphatic carbocycles. The van der Waals surface area contributed by atoms with Gasteiger partial charge in [0.1, 0.15) is 5.75 Å². The van der Waals surface area contributed by atoms with E-state index >= 15 is 0 Å². The summed E-state index contributed by atoms with van der Waals surface area (Å²) in [6, 6.07) is 15.3. The number of halogens is 1. The van der Waals surface area contributed by atoms with Crippen molar-refractivity contribution in [2.75, 3.05) is 45.2 Å². The van der Waals surface area contributed by atoms with Gasteiger partial charge in [-0.3, -0.25) is 14.6 Å². The van der Waals surface area contributed by atoms with Crippen molar-refractivity contribution in [3.05, 3.63) is 59.1 Å². The number of para-hydroxylation sites is 1. The summed E-state index contributed by atoms with van der Waals surface area (Å²) >= 11 is 6.11. The first kappa shape index (κ1) is 18.7. The molecular formula is C20H24ClN3O2. The Hall–Kier alpha value is -2.08.